The molecule has 2 fully saturated rings. The molecule has 2 saturated carbocycles. The predicted octanol–water partition coefficient (Wildman–Crippen LogP) is 4.50. The second kappa shape index (κ2) is 6.03. The van der Waals surface area contributed by atoms with Crippen LogP contribution < -0.4 is 0 Å². The van der Waals surface area contributed by atoms with Gasteiger partial charge in [-0.3, -0.25) is 4.79 Å². The monoisotopic (exact) mass is 338 g/mol. The first kappa shape index (κ1) is 19.3. The summed E-state index contributed by atoms with van der Waals surface area (Å²) in [5.74, 6) is -0.218. The van der Waals surface area contributed by atoms with E-state index in [0.717, 1.165) is 32.1 Å². The average molecular weight is 338 g/mol. The molecule has 0 bridgehead atoms. The zero-order valence-electron chi connectivity index (χ0n) is 16.5. The smallest absolute Gasteiger partial charge is 0.344 e. The number of hydrogen-bond donors (Lipinski definition) is 0. The van der Waals surface area contributed by atoms with Crippen LogP contribution in [0.4, 0.5) is 0 Å². The summed E-state index contributed by atoms with van der Waals surface area (Å²) in [6, 6.07) is 0. The van der Waals surface area contributed by atoms with E-state index in [2.05, 4.69) is 34.6 Å². The minimum Gasteiger partial charge on any atom is -0.457 e. The summed E-state index contributed by atoms with van der Waals surface area (Å²) in [6.45, 7) is 14.3. The van der Waals surface area contributed by atoms with Crippen LogP contribution in [0, 0.1) is 22.2 Å². The minimum atomic E-state index is -0.462. The van der Waals surface area contributed by atoms with Crippen molar-refractivity contribution in [2.75, 3.05) is 6.61 Å². The van der Waals surface area contributed by atoms with Crippen LogP contribution in [0.25, 0.3) is 0 Å². The Morgan fingerprint density at radius 1 is 1.12 bits per heavy atom. The largest absolute Gasteiger partial charge is 0.457 e. The van der Waals surface area contributed by atoms with Crippen molar-refractivity contribution in [1.29, 1.82) is 0 Å². The minimum absolute atomic E-state index is 0.0417. The molecule has 0 amide bonds. The molecule has 0 saturated heterocycles. The quantitative estimate of drug-likeness (QED) is 0.641. The summed E-state index contributed by atoms with van der Waals surface area (Å²) in [7, 11) is 0. The van der Waals surface area contributed by atoms with Gasteiger partial charge in [-0.25, -0.2) is 4.79 Å². The van der Waals surface area contributed by atoms with Gasteiger partial charge in [-0.1, -0.05) is 41.5 Å². The Balaban J connectivity index is 1.91. The molecule has 0 N–H and O–H groups in total. The zero-order chi connectivity index (χ0) is 18.4. The molecule has 2 rings (SSSR count). The highest BCUT2D eigenvalue weighted by atomic mass is 16.6. The number of esters is 2. The molecule has 0 spiro atoms. The summed E-state index contributed by atoms with van der Waals surface area (Å²) in [5.41, 5.74) is -0.894. The van der Waals surface area contributed by atoms with Crippen LogP contribution in [0.5, 0.6) is 0 Å². The SMILES string of the molecule is CCC(C)(OC(=O)COC(=O)C1(CC(C)(C)C)CC1(C)C)C1CC1. The lowest BCUT2D eigenvalue weighted by Gasteiger charge is -2.29. The highest BCUT2D eigenvalue weighted by molar-refractivity contribution is 5.84. The topological polar surface area (TPSA) is 52.6 Å². The van der Waals surface area contributed by atoms with E-state index in [4.69, 9.17) is 9.47 Å². The fraction of sp³-hybridized carbons (Fsp3) is 0.900. The van der Waals surface area contributed by atoms with Gasteiger partial charge >= 0.3 is 11.9 Å². The molecule has 0 heterocycles. The van der Waals surface area contributed by atoms with Crippen molar-refractivity contribution in [3.05, 3.63) is 0 Å². The Hall–Kier alpha value is -1.06. The van der Waals surface area contributed by atoms with E-state index in [-0.39, 0.29) is 23.4 Å². The molecule has 2 unspecified atom stereocenters. The normalized spacial score (nSPS) is 28.0. The van der Waals surface area contributed by atoms with Crippen molar-refractivity contribution in [2.45, 2.75) is 86.2 Å². The van der Waals surface area contributed by atoms with Gasteiger partial charge in [-0.15, -0.1) is 0 Å². The van der Waals surface area contributed by atoms with Crippen LogP contribution in [0.3, 0.4) is 0 Å². The molecule has 0 radical (unpaired) electrons. The molecule has 0 aromatic carbocycles. The van der Waals surface area contributed by atoms with Crippen molar-refractivity contribution >= 4 is 11.9 Å². The molecular formula is C20H34O4. The predicted molar refractivity (Wildman–Crippen MR) is 93.4 cm³/mol. The van der Waals surface area contributed by atoms with Gasteiger partial charge in [0.25, 0.3) is 0 Å². The number of ether oxygens (including phenoxy) is 2. The first-order chi connectivity index (χ1) is 10.9. The number of hydrogen-bond acceptors (Lipinski definition) is 4. The second-order valence-corrected chi connectivity index (χ2v) is 9.87. The summed E-state index contributed by atoms with van der Waals surface area (Å²) in [6.07, 6.45) is 4.61. The number of carbonyl (C=O) groups is 2. The van der Waals surface area contributed by atoms with Crippen molar-refractivity contribution < 1.29 is 19.1 Å². The van der Waals surface area contributed by atoms with Gasteiger partial charge < -0.3 is 9.47 Å². The van der Waals surface area contributed by atoms with E-state index >= 15 is 0 Å². The van der Waals surface area contributed by atoms with Crippen molar-refractivity contribution in [3.8, 4) is 0 Å². The van der Waals surface area contributed by atoms with Crippen molar-refractivity contribution in [3.63, 3.8) is 0 Å². The van der Waals surface area contributed by atoms with Crippen LogP contribution in [-0.4, -0.2) is 24.1 Å². The Morgan fingerprint density at radius 3 is 2.04 bits per heavy atom. The Kier molecular flexibility index (Phi) is 4.84. The molecule has 4 heteroatoms. The van der Waals surface area contributed by atoms with E-state index in [0.29, 0.717) is 5.92 Å². The van der Waals surface area contributed by atoms with Crippen LogP contribution in [0.1, 0.15) is 80.6 Å². The molecule has 138 valence electrons. The van der Waals surface area contributed by atoms with E-state index in [1.165, 1.54) is 0 Å². The zero-order valence-corrected chi connectivity index (χ0v) is 16.5. The van der Waals surface area contributed by atoms with Gasteiger partial charge in [-0.2, -0.15) is 0 Å². The van der Waals surface area contributed by atoms with Crippen molar-refractivity contribution in [1.82, 2.24) is 0 Å². The summed E-state index contributed by atoms with van der Waals surface area (Å²) < 4.78 is 11.0. The standard InChI is InChI=1S/C20H34O4/c1-8-19(7,14-9-10-14)24-15(21)11-23-16(22)20(12-17(2,3)4)13-18(20,5)6/h14H,8-13H2,1-7H3. The lowest BCUT2D eigenvalue weighted by molar-refractivity contribution is -0.174. The van der Waals surface area contributed by atoms with E-state index in [1.807, 2.05) is 13.8 Å². The van der Waals surface area contributed by atoms with Crippen LogP contribution in [0.2, 0.25) is 0 Å². The maximum atomic E-state index is 12.7. The molecule has 0 aromatic rings. The van der Waals surface area contributed by atoms with Gasteiger partial charge in [0.2, 0.25) is 0 Å². The maximum Gasteiger partial charge on any atom is 0.344 e. The Bertz CT molecular complexity index is 512. The molecule has 0 aliphatic heterocycles. The molecule has 24 heavy (non-hydrogen) atoms. The van der Waals surface area contributed by atoms with Gasteiger partial charge in [0.1, 0.15) is 5.60 Å². The molecule has 2 atom stereocenters. The first-order valence-corrected chi connectivity index (χ1v) is 9.24. The van der Waals surface area contributed by atoms with E-state index < -0.39 is 17.0 Å². The average Bonchev–Trinajstić information content (AvgIpc) is 3.32. The van der Waals surface area contributed by atoms with Gasteiger partial charge in [0.15, 0.2) is 6.61 Å². The fourth-order valence-corrected chi connectivity index (χ4v) is 4.03. The van der Waals surface area contributed by atoms with E-state index in [1.54, 1.807) is 0 Å². The van der Waals surface area contributed by atoms with Gasteiger partial charge in [0.05, 0.1) is 5.41 Å². The lowest BCUT2D eigenvalue weighted by atomic mass is 9.79. The molecule has 2 aliphatic rings. The van der Waals surface area contributed by atoms with Gasteiger partial charge in [-0.05, 0) is 55.8 Å². The van der Waals surface area contributed by atoms with E-state index in [9.17, 15) is 9.59 Å². The lowest BCUT2D eigenvalue weighted by Crippen LogP contribution is -2.36. The second-order valence-electron chi connectivity index (χ2n) is 9.87. The summed E-state index contributed by atoms with van der Waals surface area (Å²) >= 11 is 0. The number of carbonyl (C=O) groups excluding carboxylic acids is 2. The van der Waals surface area contributed by atoms with Crippen LogP contribution in [0.15, 0.2) is 0 Å². The third-order valence-corrected chi connectivity index (χ3v) is 5.95. The third-order valence-electron chi connectivity index (χ3n) is 5.95. The third kappa shape index (κ3) is 3.94. The van der Waals surface area contributed by atoms with Gasteiger partial charge in [0, 0.05) is 0 Å². The highest BCUT2D eigenvalue weighted by Crippen LogP contribution is 2.68. The highest BCUT2D eigenvalue weighted by Gasteiger charge is 2.67. The first-order valence-electron chi connectivity index (χ1n) is 9.24. The molecule has 4 nitrogen and oxygen atoms in total. The fourth-order valence-electron chi connectivity index (χ4n) is 4.03. The molecule has 2 aliphatic carbocycles. The summed E-state index contributed by atoms with van der Waals surface area (Å²) in [5, 5.41) is 0. The summed E-state index contributed by atoms with van der Waals surface area (Å²) in [4.78, 5) is 24.8. The molecular weight excluding hydrogens is 304 g/mol. The van der Waals surface area contributed by atoms with Crippen LogP contribution in [-0.2, 0) is 19.1 Å². The number of rotatable bonds is 7. The van der Waals surface area contributed by atoms with Crippen molar-refractivity contribution in [2.24, 2.45) is 22.2 Å². The maximum absolute atomic E-state index is 12.7. The van der Waals surface area contributed by atoms with Crippen LogP contribution >= 0.6 is 0 Å². The Morgan fingerprint density at radius 2 is 1.67 bits per heavy atom. The Labute approximate surface area is 146 Å². The molecule has 0 aromatic heterocycles.